The van der Waals surface area contributed by atoms with E-state index in [4.69, 9.17) is 4.42 Å². The van der Waals surface area contributed by atoms with Crippen LogP contribution in [0.1, 0.15) is 18.9 Å². The van der Waals surface area contributed by atoms with E-state index in [9.17, 15) is 0 Å². The molecule has 1 unspecified atom stereocenters. The normalized spacial score (nSPS) is 12.7. The minimum Gasteiger partial charge on any atom is -0.419 e. The van der Waals surface area contributed by atoms with E-state index in [1.165, 1.54) is 0 Å². The molecule has 19 heavy (non-hydrogen) atoms. The molecular formula is C14H14N4O. The van der Waals surface area contributed by atoms with E-state index in [2.05, 4.69) is 20.5 Å². The number of pyridine rings is 1. The molecule has 0 amide bonds. The standard InChI is InChI=1S/C14H14N4O/c1-9(15-2)13-17-18-14(19-13)11-5-3-7-12-10(11)6-4-8-16-12/h3-9,15H,1-2H3. The maximum absolute atomic E-state index is 5.72. The highest BCUT2D eigenvalue weighted by Gasteiger charge is 2.14. The summed E-state index contributed by atoms with van der Waals surface area (Å²) < 4.78 is 5.72. The summed E-state index contributed by atoms with van der Waals surface area (Å²) in [6, 6.07) is 9.81. The van der Waals surface area contributed by atoms with Crippen molar-refractivity contribution in [2.24, 2.45) is 0 Å². The first-order valence-electron chi connectivity index (χ1n) is 6.14. The number of rotatable bonds is 3. The molecule has 5 heteroatoms. The van der Waals surface area contributed by atoms with Crippen LogP contribution in [-0.2, 0) is 0 Å². The number of nitrogens with zero attached hydrogens (tertiary/aromatic N) is 3. The third-order valence-electron chi connectivity index (χ3n) is 3.12. The molecule has 1 aromatic carbocycles. The summed E-state index contributed by atoms with van der Waals surface area (Å²) in [5.74, 6) is 1.11. The maximum atomic E-state index is 5.72. The summed E-state index contributed by atoms with van der Waals surface area (Å²) >= 11 is 0. The number of nitrogens with one attached hydrogen (secondary N) is 1. The first-order valence-corrected chi connectivity index (χ1v) is 6.14. The van der Waals surface area contributed by atoms with Crippen LogP contribution in [0.25, 0.3) is 22.4 Å². The SMILES string of the molecule is CNC(C)c1nnc(-c2cccc3ncccc23)o1. The van der Waals surface area contributed by atoms with Crippen molar-refractivity contribution in [3.8, 4) is 11.5 Å². The van der Waals surface area contributed by atoms with Gasteiger partial charge < -0.3 is 9.73 Å². The second kappa shape index (κ2) is 4.78. The highest BCUT2D eigenvalue weighted by atomic mass is 16.4. The fourth-order valence-electron chi connectivity index (χ4n) is 1.93. The fraction of sp³-hybridized carbons (Fsp3) is 0.214. The van der Waals surface area contributed by atoms with E-state index >= 15 is 0 Å². The molecule has 0 saturated heterocycles. The Morgan fingerprint density at radius 2 is 2.05 bits per heavy atom. The van der Waals surface area contributed by atoms with Gasteiger partial charge in [-0.2, -0.15) is 0 Å². The third-order valence-corrected chi connectivity index (χ3v) is 3.12. The first-order chi connectivity index (χ1) is 9.29. The summed E-state index contributed by atoms with van der Waals surface area (Å²) in [4.78, 5) is 4.32. The van der Waals surface area contributed by atoms with E-state index in [1.54, 1.807) is 6.20 Å². The highest BCUT2D eigenvalue weighted by molar-refractivity contribution is 5.92. The van der Waals surface area contributed by atoms with Crippen LogP contribution in [0, 0.1) is 0 Å². The van der Waals surface area contributed by atoms with E-state index in [0.717, 1.165) is 16.5 Å². The predicted octanol–water partition coefficient (Wildman–Crippen LogP) is 2.57. The summed E-state index contributed by atoms with van der Waals surface area (Å²) in [6.45, 7) is 1.97. The molecule has 0 bridgehead atoms. The molecule has 5 nitrogen and oxygen atoms in total. The third kappa shape index (κ3) is 2.08. The molecule has 3 aromatic rings. The molecule has 0 fully saturated rings. The zero-order valence-corrected chi connectivity index (χ0v) is 10.8. The fourth-order valence-corrected chi connectivity index (χ4v) is 1.93. The van der Waals surface area contributed by atoms with Crippen molar-refractivity contribution in [1.82, 2.24) is 20.5 Å². The Hall–Kier alpha value is -2.27. The molecule has 96 valence electrons. The predicted molar refractivity (Wildman–Crippen MR) is 72.5 cm³/mol. The van der Waals surface area contributed by atoms with Gasteiger partial charge in [0.1, 0.15) is 0 Å². The van der Waals surface area contributed by atoms with Gasteiger partial charge in [0.05, 0.1) is 11.6 Å². The molecular weight excluding hydrogens is 240 g/mol. The number of hydrogen-bond acceptors (Lipinski definition) is 5. The molecule has 0 aliphatic carbocycles. The van der Waals surface area contributed by atoms with Gasteiger partial charge in [-0.1, -0.05) is 12.1 Å². The van der Waals surface area contributed by atoms with E-state index in [-0.39, 0.29) is 6.04 Å². The van der Waals surface area contributed by atoms with Crippen molar-refractivity contribution in [3.63, 3.8) is 0 Å². The van der Waals surface area contributed by atoms with Gasteiger partial charge in [0.15, 0.2) is 0 Å². The molecule has 1 N–H and O–H groups in total. The van der Waals surface area contributed by atoms with Crippen molar-refractivity contribution in [1.29, 1.82) is 0 Å². The Labute approximate surface area is 110 Å². The quantitative estimate of drug-likeness (QED) is 0.778. The van der Waals surface area contributed by atoms with E-state index in [0.29, 0.717) is 11.8 Å². The van der Waals surface area contributed by atoms with Crippen LogP contribution in [-0.4, -0.2) is 22.2 Å². The average Bonchev–Trinajstić information content (AvgIpc) is 2.95. The molecule has 0 aliphatic rings. The van der Waals surface area contributed by atoms with Crippen molar-refractivity contribution in [2.75, 3.05) is 7.05 Å². The van der Waals surface area contributed by atoms with Crippen molar-refractivity contribution in [3.05, 3.63) is 42.4 Å². The van der Waals surface area contributed by atoms with Crippen LogP contribution < -0.4 is 5.32 Å². The molecule has 2 heterocycles. The van der Waals surface area contributed by atoms with Crippen LogP contribution in [0.15, 0.2) is 40.9 Å². The highest BCUT2D eigenvalue weighted by Crippen LogP contribution is 2.27. The Kier molecular flexibility index (Phi) is 2.97. The zero-order valence-electron chi connectivity index (χ0n) is 10.8. The largest absolute Gasteiger partial charge is 0.419 e. The van der Waals surface area contributed by atoms with Crippen LogP contribution >= 0.6 is 0 Å². The topological polar surface area (TPSA) is 63.8 Å². The van der Waals surface area contributed by atoms with Crippen LogP contribution in [0.5, 0.6) is 0 Å². The van der Waals surface area contributed by atoms with Crippen LogP contribution in [0.3, 0.4) is 0 Å². The van der Waals surface area contributed by atoms with Gasteiger partial charge in [-0.05, 0) is 32.2 Å². The monoisotopic (exact) mass is 254 g/mol. The number of aromatic nitrogens is 3. The minimum atomic E-state index is 0.0364. The lowest BCUT2D eigenvalue weighted by atomic mass is 10.1. The van der Waals surface area contributed by atoms with Gasteiger partial charge in [-0.15, -0.1) is 10.2 Å². The van der Waals surface area contributed by atoms with Gasteiger partial charge >= 0.3 is 0 Å². The van der Waals surface area contributed by atoms with Gasteiger partial charge in [-0.3, -0.25) is 4.98 Å². The average molecular weight is 254 g/mol. The Bertz CT molecular complexity index is 702. The summed E-state index contributed by atoms with van der Waals surface area (Å²) in [7, 11) is 1.86. The molecule has 0 aliphatic heterocycles. The molecule has 0 saturated carbocycles. The number of hydrogen-bond donors (Lipinski definition) is 1. The molecule has 0 radical (unpaired) electrons. The van der Waals surface area contributed by atoms with Gasteiger partial charge in [0, 0.05) is 17.1 Å². The minimum absolute atomic E-state index is 0.0364. The van der Waals surface area contributed by atoms with Crippen molar-refractivity contribution in [2.45, 2.75) is 13.0 Å². The van der Waals surface area contributed by atoms with Gasteiger partial charge in [-0.25, -0.2) is 0 Å². The van der Waals surface area contributed by atoms with Crippen molar-refractivity contribution < 1.29 is 4.42 Å². The van der Waals surface area contributed by atoms with Crippen molar-refractivity contribution >= 4 is 10.9 Å². The Morgan fingerprint density at radius 1 is 1.16 bits per heavy atom. The Morgan fingerprint density at radius 3 is 2.89 bits per heavy atom. The number of fused-ring (bicyclic) bond motifs is 1. The van der Waals surface area contributed by atoms with Gasteiger partial charge in [0.2, 0.25) is 11.8 Å². The van der Waals surface area contributed by atoms with Gasteiger partial charge in [0.25, 0.3) is 0 Å². The molecule has 1 atom stereocenters. The lowest BCUT2D eigenvalue weighted by Crippen LogP contribution is -2.12. The summed E-state index contributed by atoms with van der Waals surface area (Å²) in [5, 5.41) is 12.3. The van der Waals surface area contributed by atoms with E-state index in [1.807, 2.05) is 44.3 Å². The van der Waals surface area contributed by atoms with Crippen LogP contribution in [0.4, 0.5) is 0 Å². The molecule has 2 aromatic heterocycles. The second-order valence-corrected chi connectivity index (χ2v) is 4.33. The lowest BCUT2D eigenvalue weighted by molar-refractivity contribution is 0.441. The number of benzene rings is 1. The molecule has 3 rings (SSSR count). The summed E-state index contributed by atoms with van der Waals surface area (Å²) in [6.07, 6.45) is 1.77. The van der Waals surface area contributed by atoms with E-state index < -0.39 is 0 Å². The second-order valence-electron chi connectivity index (χ2n) is 4.33. The zero-order chi connectivity index (χ0) is 13.2. The maximum Gasteiger partial charge on any atom is 0.248 e. The van der Waals surface area contributed by atoms with Crippen LogP contribution in [0.2, 0.25) is 0 Å². The first kappa shape index (κ1) is 11.8. The smallest absolute Gasteiger partial charge is 0.248 e. The lowest BCUT2D eigenvalue weighted by Gasteiger charge is -2.03. The molecule has 0 spiro atoms. The Balaban J connectivity index is 2.12. The summed E-state index contributed by atoms with van der Waals surface area (Å²) in [5.41, 5.74) is 1.83.